The highest BCUT2D eigenvalue weighted by Gasteiger charge is 2.39. The van der Waals surface area contributed by atoms with Crippen LogP contribution in [0, 0.1) is 11.8 Å². The van der Waals surface area contributed by atoms with Gasteiger partial charge in [-0.2, -0.15) is 0 Å². The zero-order chi connectivity index (χ0) is 27.1. The third-order valence-electron chi connectivity index (χ3n) is 8.71. The largest absolute Gasteiger partial charge is 0.390 e. The van der Waals surface area contributed by atoms with E-state index in [0.29, 0.717) is 31.7 Å². The summed E-state index contributed by atoms with van der Waals surface area (Å²) in [5.74, 6) is 0.133. The molecule has 3 fully saturated rings. The summed E-state index contributed by atoms with van der Waals surface area (Å²) in [6.07, 6.45) is 2.60. The Morgan fingerprint density at radius 3 is 2.42 bits per heavy atom. The van der Waals surface area contributed by atoms with Gasteiger partial charge < -0.3 is 26.0 Å². The van der Waals surface area contributed by atoms with Crippen LogP contribution in [0.25, 0.3) is 0 Å². The Kier molecular flexibility index (Phi) is 9.79. The first-order chi connectivity index (χ1) is 18.2. The van der Waals surface area contributed by atoms with Crippen molar-refractivity contribution >= 4 is 17.7 Å². The molecule has 4 rings (SSSR count). The summed E-state index contributed by atoms with van der Waals surface area (Å²) in [6.45, 7) is 6.54. The van der Waals surface area contributed by atoms with Crippen LogP contribution in [0.3, 0.4) is 0 Å². The molecular formula is C29H45N5O4. The lowest BCUT2D eigenvalue weighted by Crippen LogP contribution is -2.58. The van der Waals surface area contributed by atoms with Gasteiger partial charge in [0.1, 0.15) is 0 Å². The fourth-order valence-electron chi connectivity index (χ4n) is 6.31. The van der Waals surface area contributed by atoms with E-state index in [0.717, 1.165) is 45.6 Å². The molecule has 38 heavy (non-hydrogen) atoms. The highest BCUT2D eigenvalue weighted by Crippen LogP contribution is 2.30. The van der Waals surface area contributed by atoms with E-state index >= 15 is 0 Å². The topological polar surface area (TPSA) is 114 Å². The van der Waals surface area contributed by atoms with Crippen LogP contribution in [0.1, 0.15) is 57.4 Å². The maximum absolute atomic E-state index is 13.1. The minimum atomic E-state index is -0.996. The van der Waals surface area contributed by atoms with Crippen molar-refractivity contribution in [3.8, 4) is 0 Å². The first-order valence-corrected chi connectivity index (χ1v) is 14.2. The molecule has 1 aromatic carbocycles. The number of amides is 3. The number of fused-ring (bicyclic) bond motifs is 1. The van der Waals surface area contributed by atoms with E-state index in [-0.39, 0.29) is 36.5 Å². The van der Waals surface area contributed by atoms with Gasteiger partial charge in [-0.25, -0.2) is 0 Å². The van der Waals surface area contributed by atoms with Crippen LogP contribution in [-0.4, -0.2) is 90.1 Å². The molecule has 0 aliphatic carbocycles. The fourth-order valence-corrected chi connectivity index (χ4v) is 6.31. The van der Waals surface area contributed by atoms with Crippen LogP contribution in [0.15, 0.2) is 30.3 Å². The molecule has 0 radical (unpaired) electrons. The first-order valence-electron chi connectivity index (χ1n) is 14.2. The van der Waals surface area contributed by atoms with Gasteiger partial charge in [0.05, 0.1) is 24.1 Å². The lowest BCUT2D eigenvalue weighted by molar-refractivity contribution is -0.130. The number of carbonyl (C=O) groups is 3. The number of piperidine rings is 2. The van der Waals surface area contributed by atoms with Gasteiger partial charge in [0.15, 0.2) is 0 Å². The molecule has 1 aromatic rings. The molecule has 0 unspecified atom stereocenters. The molecular weight excluding hydrogens is 482 g/mol. The van der Waals surface area contributed by atoms with E-state index in [4.69, 9.17) is 0 Å². The molecule has 9 heteroatoms. The average Bonchev–Trinajstić information content (AvgIpc) is 2.87. The Bertz CT molecular complexity index is 950. The summed E-state index contributed by atoms with van der Waals surface area (Å²) in [5, 5.41) is 19.9. The average molecular weight is 528 g/mol. The van der Waals surface area contributed by atoms with Crippen LogP contribution >= 0.6 is 0 Å². The van der Waals surface area contributed by atoms with Crippen molar-refractivity contribution in [1.82, 2.24) is 25.8 Å². The third-order valence-corrected chi connectivity index (χ3v) is 8.71. The highest BCUT2D eigenvalue weighted by atomic mass is 16.3. The van der Waals surface area contributed by atoms with E-state index in [1.807, 2.05) is 18.2 Å². The number of aliphatic hydroxyl groups is 1. The van der Waals surface area contributed by atoms with Crippen molar-refractivity contribution < 1.29 is 19.5 Å². The molecule has 210 valence electrons. The van der Waals surface area contributed by atoms with Crippen molar-refractivity contribution in [3.63, 3.8) is 0 Å². The summed E-state index contributed by atoms with van der Waals surface area (Å²) >= 11 is 0. The van der Waals surface area contributed by atoms with Gasteiger partial charge in [0, 0.05) is 45.6 Å². The van der Waals surface area contributed by atoms with E-state index in [1.165, 1.54) is 5.56 Å². The number of nitrogens with one attached hydrogen (secondary N) is 3. The highest BCUT2D eigenvalue weighted by molar-refractivity contribution is 5.81. The van der Waals surface area contributed by atoms with Crippen molar-refractivity contribution in [2.24, 2.45) is 11.8 Å². The second-order valence-corrected chi connectivity index (χ2v) is 11.8. The van der Waals surface area contributed by atoms with Gasteiger partial charge >= 0.3 is 0 Å². The molecule has 0 aromatic heterocycles. The SMILES string of the molecule is C[C@@H]1NC(=O)C[C@@H]2CCN(C)C[C@@H]2CCNC(=O)CC2(CCN(Cc3ccccc3)CC2)NC(=O)C[C@@H]1O. The second-order valence-electron chi connectivity index (χ2n) is 11.8. The molecule has 0 bridgehead atoms. The number of nitrogens with zero attached hydrogens (tertiary/aromatic N) is 2. The summed E-state index contributed by atoms with van der Waals surface area (Å²) in [5.41, 5.74) is 0.597. The second kappa shape index (κ2) is 13.0. The van der Waals surface area contributed by atoms with Crippen LogP contribution in [-0.2, 0) is 20.9 Å². The van der Waals surface area contributed by atoms with Gasteiger partial charge in [-0.1, -0.05) is 30.3 Å². The Labute approximate surface area is 226 Å². The lowest BCUT2D eigenvalue weighted by Gasteiger charge is -2.42. The van der Waals surface area contributed by atoms with Gasteiger partial charge in [-0.15, -0.1) is 0 Å². The lowest BCUT2D eigenvalue weighted by atomic mass is 9.80. The first kappa shape index (κ1) is 28.5. The number of carbonyl (C=O) groups excluding carboxylic acids is 3. The Morgan fingerprint density at radius 2 is 1.68 bits per heavy atom. The predicted octanol–water partition coefficient (Wildman–Crippen LogP) is 1.26. The molecule has 4 N–H and O–H groups in total. The number of hydrogen-bond acceptors (Lipinski definition) is 6. The number of benzene rings is 1. The normalized spacial score (nSPS) is 30.7. The van der Waals surface area contributed by atoms with Gasteiger partial charge in [-0.05, 0) is 63.6 Å². The van der Waals surface area contributed by atoms with Crippen LogP contribution in [0.4, 0.5) is 0 Å². The molecule has 3 aliphatic rings. The number of aliphatic hydroxyl groups excluding tert-OH is 1. The molecule has 1 spiro atoms. The standard InChI is InChI=1S/C29H45N5O4/c1-21-25(35)17-27(37)32-29(10-14-34(15-11-29)19-22-6-4-3-5-7-22)18-28(38)30-12-8-24-20-33(2)13-9-23(24)16-26(36)31-21/h3-7,21,23-25,35H,8-20H2,1-2H3,(H,30,38)(H,31,36)(H,32,37)/t21-,23-,24-,25-/m0/s1. The minimum absolute atomic E-state index is 0.0544. The van der Waals surface area contributed by atoms with E-state index < -0.39 is 17.7 Å². The molecule has 4 atom stereocenters. The Morgan fingerprint density at radius 1 is 0.947 bits per heavy atom. The summed E-state index contributed by atoms with van der Waals surface area (Å²) < 4.78 is 0. The van der Waals surface area contributed by atoms with Crippen LogP contribution in [0.5, 0.6) is 0 Å². The van der Waals surface area contributed by atoms with Crippen LogP contribution < -0.4 is 16.0 Å². The van der Waals surface area contributed by atoms with Crippen molar-refractivity contribution in [1.29, 1.82) is 0 Å². The maximum atomic E-state index is 13.1. The number of rotatable bonds is 2. The quantitative estimate of drug-likeness (QED) is 0.461. The fraction of sp³-hybridized carbons (Fsp3) is 0.690. The Balaban J connectivity index is 1.45. The predicted molar refractivity (Wildman–Crippen MR) is 146 cm³/mol. The zero-order valence-corrected chi connectivity index (χ0v) is 23.0. The molecule has 3 saturated heterocycles. The molecule has 3 amide bonds. The van der Waals surface area contributed by atoms with E-state index in [1.54, 1.807) is 6.92 Å². The molecule has 9 nitrogen and oxygen atoms in total. The van der Waals surface area contributed by atoms with E-state index in [9.17, 15) is 19.5 Å². The molecule has 0 saturated carbocycles. The number of likely N-dealkylation sites (tertiary alicyclic amines) is 2. The van der Waals surface area contributed by atoms with Gasteiger partial charge in [0.2, 0.25) is 17.7 Å². The van der Waals surface area contributed by atoms with Gasteiger partial charge in [0.25, 0.3) is 0 Å². The molecule has 3 heterocycles. The Hall–Kier alpha value is -2.49. The maximum Gasteiger partial charge on any atom is 0.223 e. The summed E-state index contributed by atoms with van der Waals surface area (Å²) in [6, 6.07) is 9.78. The minimum Gasteiger partial charge on any atom is -0.390 e. The molecule has 3 aliphatic heterocycles. The number of hydrogen-bond donors (Lipinski definition) is 4. The van der Waals surface area contributed by atoms with E-state index in [2.05, 4.69) is 44.9 Å². The monoisotopic (exact) mass is 527 g/mol. The van der Waals surface area contributed by atoms with Crippen molar-refractivity contribution in [3.05, 3.63) is 35.9 Å². The van der Waals surface area contributed by atoms with Gasteiger partial charge in [-0.3, -0.25) is 19.3 Å². The van der Waals surface area contributed by atoms with Crippen molar-refractivity contribution in [2.45, 2.75) is 76.1 Å². The smallest absolute Gasteiger partial charge is 0.223 e. The summed E-state index contributed by atoms with van der Waals surface area (Å²) in [7, 11) is 2.10. The summed E-state index contributed by atoms with van der Waals surface area (Å²) in [4.78, 5) is 43.6. The third kappa shape index (κ3) is 8.01. The van der Waals surface area contributed by atoms with Crippen molar-refractivity contribution in [2.75, 3.05) is 39.8 Å². The zero-order valence-electron chi connectivity index (χ0n) is 23.0. The van der Waals surface area contributed by atoms with Crippen LogP contribution in [0.2, 0.25) is 0 Å².